The highest BCUT2D eigenvalue weighted by Gasteiger charge is 2.21. The first-order chi connectivity index (χ1) is 29.6. The highest BCUT2D eigenvalue weighted by molar-refractivity contribution is 14.1. The van der Waals surface area contributed by atoms with Gasteiger partial charge in [0, 0.05) is 36.0 Å². The molecule has 61 heavy (non-hydrogen) atoms. The number of benzene rings is 4. The lowest BCUT2D eigenvalue weighted by Crippen LogP contribution is -2.20. The molecule has 0 aliphatic carbocycles. The third-order valence-corrected chi connectivity index (χ3v) is 12.4. The van der Waals surface area contributed by atoms with Gasteiger partial charge in [-0.2, -0.15) is 0 Å². The number of para-hydroxylation sites is 1. The molecule has 300 valence electrons. The molecule has 0 spiro atoms. The van der Waals surface area contributed by atoms with E-state index in [1.165, 1.54) is 45.1 Å². The number of hydrogen-bond donors (Lipinski definition) is 0. The summed E-state index contributed by atoms with van der Waals surface area (Å²) >= 11 is 15.3. The largest absolute Gasteiger partial charge is 0.493 e. The molecule has 0 fully saturated rings. The molecule has 0 bridgehead atoms. The molecule has 0 saturated heterocycles. The number of pyridine rings is 2. The van der Waals surface area contributed by atoms with Gasteiger partial charge in [0.1, 0.15) is 23.0 Å². The SMILES string of the molecule is COc1ccnc2c(=O)n(-c3nc4ccc(Oc5cccc(-c6cc(OI)c7oc(=S)n(-c8nc9ccc(Oc%10ccccc%10C)cc9s8)c(=O)c7n6)c5)cc4s3)c(=S)oc12. The highest BCUT2D eigenvalue weighted by Crippen LogP contribution is 2.36. The summed E-state index contributed by atoms with van der Waals surface area (Å²) < 4.78 is 39.2. The molecule has 0 unspecified atom stereocenters. The molecule has 0 radical (unpaired) electrons. The number of halogens is 1. The van der Waals surface area contributed by atoms with Crippen molar-refractivity contribution in [3.8, 4) is 56.0 Å². The lowest BCUT2D eigenvalue weighted by atomic mass is 10.1. The summed E-state index contributed by atoms with van der Waals surface area (Å²) in [5, 5.41) is 0.625. The number of nitrogens with zero attached hydrogens (tertiary/aromatic N) is 6. The van der Waals surface area contributed by atoms with Crippen LogP contribution in [0, 0.1) is 16.6 Å². The van der Waals surface area contributed by atoms with Crippen molar-refractivity contribution < 1.29 is 26.1 Å². The van der Waals surface area contributed by atoms with Crippen LogP contribution in [-0.4, -0.2) is 36.2 Å². The molecule has 14 nitrogen and oxygen atoms in total. The summed E-state index contributed by atoms with van der Waals surface area (Å²) in [4.78, 5) is 45.8. The Morgan fingerprint density at radius 1 is 0.656 bits per heavy atom. The molecule has 19 heteroatoms. The van der Waals surface area contributed by atoms with Crippen LogP contribution in [0.15, 0.2) is 122 Å². The number of aromatic nitrogens is 6. The van der Waals surface area contributed by atoms with Gasteiger partial charge in [0.2, 0.25) is 21.4 Å². The third kappa shape index (κ3) is 7.02. The zero-order valence-electron chi connectivity index (χ0n) is 31.3. The minimum Gasteiger partial charge on any atom is -0.493 e. The van der Waals surface area contributed by atoms with E-state index in [1.807, 2.05) is 61.5 Å². The molecule has 10 rings (SSSR count). The second kappa shape index (κ2) is 15.6. The van der Waals surface area contributed by atoms with Crippen LogP contribution in [0.25, 0.3) is 64.2 Å². The van der Waals surface area contributed by atoms with Crippen molar-refractivity contribution in [3.05, 3.63) is 139 Å². The Labute approximate surface area is 374 Å². The fraction of sp³-hybridized carbons (Fsp3) is 0.0476. The molecule has 6 heterocycles. The van der Waals surface area contributed by atoms with Gasteiger partial charge in [0.15, 0.2) is 45.5 Å². The van der Waals surface area contributed by atoms with Crippen molar-refractivity contribution in [1.82, 2.24) is 29.1 Å². The van der Waals surface area contributed by atoms with Crippen LogP contribution >= 0.6 is 70.1 Å². The number of methoxy groups -OCH3 is 1. The quantitative estimate of drug-likeness (QED) is 0.0993. The Morgan fingerprint density at radius 2 is 1.28 bits per heavy atom. The average molecular weight is 995 g/mol. The van der Waals surface area contributed by atoms with E-state index < -0.39 is 11.1 Å². The second-order valence-corrected chi connectivity index (χ2v) is 16.4. The summed E-state index contributed by atoms with van der Waals surface area (Å²) in [7, 11) is 1.47. The molecule has 0 N–H and O–H groups in total. The Bertz CT molecular complexity index is 3670. The molecule has 10 aromatic rings. The van der Waals surface area contributed by atoms with E-state index in [2.05, 4.69) is 9.97 Å². The van der Waals surface area contributed by atoms with Gasteiger partial charge < -0.3 is 26.1 Å². The zero-order chi connectivity index (χ0) is 41.9. The van der Waals surface area contributed by atoms with Gasteiger partial charge in [0.05, 0.1) is 33.2 Å². The highest BCUT2D eigenvalue weighted by atomic mass is 127. The number of aryl methyl sites for hydroxylation is 1. The Morgan fingerprint density at radius 3 is 1.93 bits per heavy atom. The maximum absolute atomic E-state index is 14.2. The first-order valence-electron chi connectivity index (χ1n) is 18.0. The topological polar surface area (TPSA) is 159 Å². The van der Waals surface area contributed by atoms with Gasteiger partial charge in [-0.05, 0) is 79.4 Å². The van der Waals surface area contributed by atoms with Crippen LogP contribution < -0.4 is 28.4 Å². The number of fused-ring (bicyclic) bond motifs is 4. The average Bonchev–Trinajstić information content (AvgIpc) is 3.88. The summed E-state index contributed by atoms with van der Waals surface area (Å²) in [6, 6.07) is 29.1. The summed E-state index contributed by atoms with van der Waals surface area (Å²) in [5.41, 5.74) is 2.64. The van der Waals surface area contributed by atoms with E-state index in [0.717, 1.165) is 20.7 Å². The number of thiazole rings is 2. The van der Waals surface area contributed by atoms with Gasteiger partial charge in [-0.3, -0.25) is 9.59 Å². The second-order valence-electron chi connectivity index (χ2n) is 13.2. The van der Waals surface area contributed by atoms with Crippen LogP contribution in [0.4, 0.5) is 0 Å². The molecule has 0 atom stereocenters. The van der Waals surface area contributed by atoms with Crippen molar-refractivity contribution >= 4 is 113 Å². The first-order valence-corrected chi connectivity index (χ1v) is 21.3. The van der Waals surface area contributed by atoms with Crippen molar-refractivity contribution in [2.45, 2.75) is 6.92 Å². The maximum Gasteiger partial charge on any atom is 0.290 e. The van der Waals surface area contributed by atoms with Crippen molar-refractivity contribution in [3.63, 3.8) is 0 Å². The predicted octanol–water partition coefficient (Wildman–Crippen LogP) is 11.2. The predicted molar refractivity (Wildman–Crippen MR) is 245 cm³/mol. The third-order valence-electron chi connectivity index (χ3n) is 9.43. The number of ether oxygens (including phenoxy) is 3. The van der Waals surface area contributed by atoms with Gasteiger partial charge in [-0.1, -0.05) is 53.0 Å². The molecule has 0 aliphatic rings. The minimum absolute atomic E-state index is 0.00570. The van der Waals surface area contributed by atoms with Crippen LogP contribution in [0.1, 0.15) is 5.56 Å². The Balaban J connectivity index is 0.966. The zero-order valence-corrected chi connectivity index (χ0v) is 36.7. The van der Waals surface area contributed by atoms with Gasteiger partial charge in [-0.25, -0.2) is 29.1 Å². The van der Waals surface area contributed by atoms with Crippen LogP contribution in [0.3, 0.4) is 0 Å². The van der Waals surface area contributed by atoms with E-state index >= 15 is 0 Å². The lowest BCUT2D eigenvalue weighted by molar-refractivity contribution is 0.404. The van der Waals surface area contributed by atoms with Crippen LogP contribution in [0.2, 0.25) is 0 Å². The summed E-state index contributed by atoms with van der Waals surface area (Å²) in [6.07, 6.45) is 1.46. The normalized spacial score (nSPS) is 11.5. The first kappa shape index (κ1) is 38.8. The molecular formula is C42H23IN6O8S4. The van der Waals surface area contributed by atoms with Crippen LogP contribution in [0.5, 0.6) is 34.5 Å². The lowest BCUT2D eigenvalue weighted by Gasteiger charge is -2.10. The van der Waals surface area contributed by atoms with E-state index in [0.29, 0.717) is 55.6 Å². The van der Waals surface area contributed by atoms with Gasteiger partial charge in [0.25, 0.3) is 20.8 Å². The summed E-state index contributed by atoms with van der Waals surface area (Å²) in [6.45, 7) is 1.98. The van der Waals surface area contributed by atoms with E-state index in [9.17, 15) is 9.59 Å². The van der Waals surface area contributed by atoms with E-state index in [-0.39, 0.29) is 37.6 Å². The maximum atomic E-state index is 14.2. The fourth-order valence-electron chi connectivity index (χ4n) is 6.53. The van der Waals surface area contributed by atoms with Gasteiger partial charge >= 0.3 is 0 Å². The standard InChI is InChI=1S/C42H23IN6O8S4/c1-20-6-3-4-9-28(20)54-24-11-13-26-32(18-24)61-40(47-26)49-38(51)34-36(56-42(49)59)30(57-43)19-27(45-34)21-7-5-8-22(16-21)53-23-10-12-25-31(17-23)60-39(46-25)48-37(50)33-35(55-41(48)58)29(52-2)14-15-44-33/h3-19H,1-2H3. The molecule has 4 aromatic carbocycles. The van der Waals surface area contributed by atoms with Gasteiger partial charge in [-0.15, -0.1) is 0 Å². The Hall–Kier alpha value is -6.39. The summed E-state index contributed by atoms with van der Waals surface area (Å²) in [5.74, 6) is 2.96. The van der Waals surface area contributed by atoms with Crippen molar-refractivity contribution in [2.24, 2.45) is 0 Å². The Kier molecular flexibility index (Phi) is 9.90. The fourth-order valence-corrected chi connectivity index (χ4v) is 9.46. The van der Waals surface area contributed by atoms with Crippen molar-refractivity contribution in [2.75, 3.05) is 7.11 Å². The van der Waals surface area contributed by atoms with E-state index in [1.54, 1.807) is 65.5 Å². The number of hydrogen-bond acceptors (Lipinski definition) is 16. The molecule has 6 aromatic heterocycles. The minimum atomic E-state index is -0.526. The van der Waals surface area contributed by atoms with Crippen molar-refractivity contribution in [1.29, 1.82) is 0 Å². The van der Waals surface area contributed by atoms with Crippen LogP contribution in [-0.2, 0) is 0 Å². The smallest absolute Gasteiger partial charge is 0.290 e. The molecule has 0 amide bonds. The number of rotatable bonds is 9. The van der Waals surface area contributed by atoms with E-state index in [4.69, 9.17) is 60.5 Å². The molecular weight excluding hydrogens is 972 g/mol. The monoisotopic (exact) mass is 994 g/mol. The molecule has 0 aliphatic heterocycles. The molecule has 0 saturated carbocycles.